The third kappa shape index (κ3) is 5.50. The number of rotatable bonds is 4. The molecule has 0 saturated heterocycles. The molecule has 0 heterocycles. The van der Waals surface area contributed by atoms with Gasteiger partial charge in [-0.2, -0.15) is 0 Å². The molecule has 2 aliphatic rings. The minimum Gasteiger partial charge on any atom is -0.328 e. The van der Waals surface area contributed by atoms with Crippen LogP contribution in [0.25, 0.3) is 0 Å². The van der Waals surface area contributed by atoms with Crippen LogP contribution >= 0.6 is 0 Å². The normalized spacial score (nSPS) is 37.0. The van der Waals surface area contributed by atoms with E-state index in [1.165, 1.54) is 57.8 Å². The van der Waals surface area contributed by atoms with E-state index >= 15 is 0 Å². The van der Waals surface area contributed by atoms with Crippen molar-refractivity contribution in [3.8, 4) is 0 Å². The van der Waals surface area contributed by atoms with Crippen molar-refractivity contribution >= 4 is 29.6 Å². The molecule has 0 unspecified atom stereocenters. The number of hydrogen-bond donors (Lipinski definition) is 2. The van der Waals surface area contributed by atoms with Crippen molar-refractivity contribution in [2.75, 3.05) is 6.54 Å². The molecule has 18 heavy (non-hydrogen) atoms. The fourth-order valence-electron chi connectivity index (χ4n) is 3.79. The Balaban J connectivity index is 0.00000162. The van der Waals surface area contributed by atoms with E-state index in [2.05, 4.69) is 12.2 Å². The predicted octanol–water partition coefficient (Wildman–Crippen LogP) is 2.68. The second-order valence-electron chi connectivity index (χ2n) is 6.29. The smallest absolute Gasteiger partial charge is 0.00671 e. The third-order valence-electron chi connectivity index (χ3n) is 4.90. The number of nitrogens with two attached hydrogens (primary N) is 1. The summed E-state index contributed by atoms with van der Waals surface area (Å²) in [6.07, 6.45) is 12.6. The van der Waals surface area contributed by atoms with Gasteiger partial charge in [0.05, 0.1) is 0 Å². The van der Waals surface area contributed by atoms with Crippen LogP contribution in [0.2, 0.25) is 0 Å². The Morgan fingerprint density at radius 2 is 1.39 bits per heavy atom. The van der Waals surface area contributed by atoms with Gasteiger partial charge in [0.2, 0.25) is 0 Å². The molecule has 2 nitrogen and oxygen atoms in total. The summed E-state index contributed by atoms with van der Waals surface area (Å²) in [5.41, 5.74) is 5.97. The first-order chi connectivity index (χ1) is 8.28. The topological polar surface area (TPSA) is 38.0 Å². The standard InChI is InChI=1S/C15H30N2.Na/c1-2-17-15-9-5-13(6-10-15)11-12-3-7-14(16)8-4-12;/h12-15,17H,2-11,16H2,1H3;. The van der Waals surface area contributed by atoms with E-state index in [9.17, 15) is 0 Å². The van der Waals surface area contributed by atoms with Crippen molar-refractivity contribution in [2.45, 2.75) is 76.8 Å². The van der Waals surface area contributed by atoms with Crippen LogP contribution in [0.1, 0.15) is 64.7 Å². The van der Waals surface area contributed by atoms with Crippen LogP contribution < -0.4 is 11.1 Å². The van der Waals surface area contributed by atoms with E-state index in [0.29, 0.717) is 6.04 Å². The Morgan fingerprint density at radius 3 is 1.89 bits per heavy atom. The number of nitrogens with one attached hydrogen (secondary N) is 1. The van der Waals surface area contributed by atoms with Gasteiger partial charge >= 0.3 is 0 Å². The average Bonchev–Trinajstić information content (AvgIpc) is 2.35. The van der Waals surface area contributed by atoms with Gasteiger partial charge in [-0.1, -0.05) is 6.92 Å². The van der Waals surface area contributed by atoms with Crippen molar-refractivity contribution < 1.29 is 0 Å². The molecule has 0 spiro atoms. The summed E-state index contributed by atoms with van der Waals surface area (Å²) < 4.78 is 0. The van der Waals surface area contributed by atoms with E-state index in [1.807, 2.05) is 0 Å². The van der Waals surface area contributed by atoms with E-state index in [0.717, 1.165) is 24.4 Å². The van der Waals surface area contributed by atoms with Crippen LogP contribution in [0.15, 0.2) is 0 Å². The SMILES string of the molecule is CCNC1CCC(CC2CCC(N)CC2)CC1.[Na]. The van der Waals surface area contributed by atoms with Crippen molar-refractivity contribution in [1.82, 2.24) is 5.32 Å². The Kier molecular flexibility index (Phi) is 8.45. The first kappa shape index (κ1) is 17.0. The molecule has 3 N–H and O–H groups in total. The second-order valence-corrected chi connectivity index (χ2v) is 6.29. The molecule has 0 aliphatic heterocycles. The predicted molar refractivity (Wildman–Crippen MR) is 79.7 cm³/mol. The Hall–Kier alpha value is 0.920. The molecular formula is C15H30N2Na. The van der Waals surface area contributed by atoms with Crippen LogP contribution in [-0.4, -0.2) is 48.2 Å². The molecule has 2 saturated carbocycles. The first-order valence-corrected chi connectivity index (χ1v) is 7.77. The summed E-state index contributed by atoms with van der Waals surface area (Å²) in [5, 5.41) is 3.60. The first-order valence-electron chi connectivity index (χ1n) is 7.77. The maximum Gasteiger partial charge on any atom is 0.00671 e. The molecule has 2 rings (SSSR count). The average molecular weight is 261 g/mol. The summed E-state index contributed by atoms with van der Waals surface area (Å²) >= 11 is 0. The zero-order valence-electron chi connectivity index (χ0n) is 12.5. The molecule has 0 atom stereocenters. The van der Waals surface area contributed by atoms with Crippen LogP contribution in [0, 0.1) is 11.8 Å². The minimum atomic E-state index is 0. The Bertz CT molecular complexity index is 207. The summed E-state index contributed by atoms with van der Waals surface area (Å²) in [6.45, 7) is 3.35. The molecule has 2 aliphatic carbocycles. The van der Waals surface area contributed by atoms with Gasteiger partial charge in [-0.15, -0.1) is 0 Å². The van der Waals surface area contributed by atoms with Crippen molar-refractivity contribution in [3.63, 3.8) is 0 Å². The quantitative estimate of drug-likeness (QED) is 0.764. The monoisotopic (exact) mass is 261 g/mol. The molecule has 1 radical (unpaired) electrons. The van der Waals surface area contributed by atoms with Crippen LogP contribution in [0.5, 0.6) is 0 Å². The maximum absolute atomic E-state index is 5.97. The van der Waals surface area contributed by atoms with Gasteiger partial charge in [0.1, 0.15) is 0 Å². The molecule has 3 heteroatoms. The molecule has 0 aromatic carbocycles. The van der Waals surface area contributed by atoms with Gasteiger partial charge in [0, 0.05) is 41.6 Å². The van der Waals surface area contributed by atoms with Gasteiger partial charge in [-0.05, 0) is 76.2 Å². The van der Waals surface area contributed by atoms with Crippen LogP contribution in [0.4, 0.5) is 0 Å². The molecule has 0 bridgehead atoms. The summed E-state index contributed by atoms with van der Waals surface area (Å²) in [4.78, 5) is 0. The van der Waals surface area contributed by atoms with Gasteiger partial charge in [0.25, 0.3) is 0 Å². The van der Waals surface area contributed by atoms with Crippen molar-refractivity contribution in [3.05, 3.63) is 0 Å². The molecule has 0 amide bonds. The van der Waals surface area contributed by atoms with Gasteiger partial charge in [-0.3, -0.25) is 0 Å². The fraction of sp³-hybridized carbons (Fsp3) is 1.00. The summed E-state index contributed by atoms with van der Waals surface area (Å²) in [5.74, 6) is 2.01. The van der Waals surface area contributed by atoms with E-state index in [1.54, 1.807) is 0 Å². The zero-order chi connectivity index (χ0) is 12.1. The van der Waals surface area contributed by atoms with Crippen LogP contribution in [-0.2, 0) is 0 Å². The van der Waals surface area contributed by atoms with Crippen LogP contribution in [0.3, 0.4) is 0 Å². The number of hydrogen-bond acceptors (Lipinski definition) is 2. The summed E-state index contributed by atoms with van der Waals surface area (Å²) in [6, 6.07) is 1.33. The summed E-state index contributed by atoms with van der Waals surface area (Å²) in [7, 11) is 0. The van der Waals surface area contributed by atoms with E-state index in [4.69, 9.17) is 5.73 Å². The maximum atomic E-state index is 5.97. The minimum absolute atomic E-state index is 0. The van der Waals surface area contributed by atoms with Gasteiger partial charge in [-0.25, -0.2) is 0 Å². The third-order valence-corrected chi connectivity index (χ3v) is 4.90. The van der Waals surface area contributed by atoms with Gasteiger partial charge in [0.15, 0.2) is 0 Å². The Morgan fingerprint density at radius 1 is 0.889 bits per heavy atom. The van der Waals surface area contributed by atoms with Crippen molar-refractivity contribution in [1.29, 1.82) is 0 Å². The largest absolute Gasteiger partial charge is 0.328 e. The van der Waals surface area contributed by atoms with Crippen molar-refractivity contribution in [2.24, 2.45) is 17.6 Å². The van der Waals surface area contributed by atoms with Gasteiger partial charge < -0.3 is 11.1 Å². The molecule has 0 aromatic heterocycles. The second kappa shape index (κ2) is 8.97. The fourth-order valence-corrected chi connectivity index (χ4v) is 3.79. The Labute approximate surface area is 135 Å². The zero-order valence-corrected chi connectivity index (χ0v) is 14.5. The molecular weight excluding hydrogens is 231 g/mol. The molecule has 0 aromatic rings. The molecule has 2 fully saturated rings. The van der Waals surface area contributed by atoms with E-state index < -0.39 is 0 Å². The molecule has 101 valence electrons. The van der Waals surface area contributed by atoms with E-state index in [-0.39, 0.29) is 29.6 Å².